The summed E-state index contributed by atoms with van der Waals surface area (Å²) >= 11 is 0. The number of fused-ring (bicyclic) bond motifs is 1. The summed E-state index contributed by atoms with van der Waals surface area (Å²) in [6, 6.07) is 15.8. The zero-order valence-electron chi connectivity index (χ0n) is 16.9. The van der Waals surface area contributed by atoms with Gasteiger partial charge in [-0.25, -0.2) is 4.68 Å². The number of para-hydroxylation sites is 1. The number of hydrazine groups is 1. The normalized spacial score (nSPS) is 15.8. The van der Waals surface area contributed by atoms with Gasteiger partial charge in [0.15, 0.2) is 5.69 Å². The van der Waals surface area contributed by atoms with Crippen molar-refractivity contribution < 1.29 is 14.4 Å². The van der Waals surface area contributed by atoms with Crippen LogP contribution in [0.5, 0.6) is 0 Å². The molecule has 0 bridgehead atoms. The number of nitrogens with one attached hydrogen (secondary N) is 2. The fraction of sp³-hybridized carbons (Fsp3) is 0.227. The van der Waals surface area contributed by atoms with Crippen LogP contribution in [0.15, 0.2) is 59.4 Å². The number of rotatable bonds is 4. The maximum Gasteiger partial charge on any atom is 0.290 e. The summed E-state index contributed by atoms with van der Waals surface area (Å²) in [5.74, 6) is -1.85. The van der Waals surface area contributed by atoms with Gasteiger partial charge in [-0.3, -0.25) is 30.0 Å². The summed E-state index contributed by atoms with van der Waals surface area (Å²) in [4.78, 5) is 51.6. The van der Waals surface area contributed by atoms with Crippen LogP contribution in [-0.4, -0.2) is 34.0 Å². The van der Waals surface area contributed by atoms with Crippen LogP contribution in [0.3, 0.4) is 0 Å². The van der Waals surface area contributed by atoms with E-state index >= 15 is 0 Å². The minimum absolute atomic E-state index is 0.0331. The maximum absolute atomic E-state index is 12.7. The zero-order chi connectivity index (χ0) is 22.0. The first kappa shape index (κ1) is 20.3. The van der Waals surface area contributed by atoms with Gasteiger partial charge in [0.1, 0.15) is 0 Å². The van der Waals surface area contributed by atoms with Crippen LogP contribution < -0.4 is 21.3 Å². The fourth-order valence-electron chi connectivity index (χ4n) is 3.64. The molecule has 0 spiro atoms. The molecule has 1 aliphatic rings. The highest BCUT2D eigenvalue weighted by Crippen LogP contribution is 2.24. The van der Waals surface area contributed by atoms with E-state index in [1.807, 2.05) is 18.2 Å². The number of hydrogen-bond acceptors (Lipinski definition) is 5. The molecule has 3 amide bonds. The third kappa shape index (κ3) is 3.89. The molecule has 3 aromatic rings. The van der Waals surface area contributed by atoms with Crippen molar-refractivity contribution in [1.29, 1.82) is 0 Å². The number of benzene rings is 2. The number of aryl methyl sites for hydroxylation is 1. The van der Waals surface area contributed by atoms with Crippen LogP contribution in [0.1, 0.15) is 23.8 Å². The Bertz CT molecular complexity index is 1220. The molecule has 1 aliphatic heterocycles. The van der Waals surface area contributed by atoms with Crippen molar-refractivity contribution in [2.24, 2.45) is 5.92 Å². The minimum Gasteiger partial charge on any atom is -0.312 e. The largest absolute Gasteiger partial charge is 0.312 e. The van der Waals surface area contributed by atoms with Gasteiger partial charge >= 0.3 is 0 Å². The SMILES string of the molecule is CCn1nc(C(=O)NNC(=O)C2CC(=O)N(c3ccccc3)C2)c2ccccc2c1=O. The summed E-state index contributed by atoms with van der Waals surface area (Å²) in [7, 11) is 0. The molecule has 158 valence electrons. The highest BCUT2D eigenvalue weighted by atomic mass is 16.2. The van der Waals surface area contributed by atoms with Crippen molar-refractivity contribution in [3.05, 3.63) is 70.6 Å². The van der Waals surface area contributed by atoms with Gasteiger partial charge < -0.3 is 4.90 Å². The van der Waals surface area contributed by atoms with E-state index in [1.165, 1.54) is 4.68 Å². The lowest BCUT2D eigenvalue weighted by atomic mass is 10.1. The lowest BCUT2D eigenvalue weighted by molar-refractivity contribution is -0.126. The Kier molecular flexibility index (Phi) is 5.48. The Labute approximate surface area is 177 Å². The first-order valence-corrected chi connectivity index (χ1v) is 9.95. The summed E-state index contributed by atoms with van der Waals surface area (Å²) < 4.78 is 1.20. The standard InChI is InChI=1S/C22H21N5O4/c1-2-27-22(31)17-11-7-6-10-16(17)19(25-27)21(30)24-23-20(29)14-12-18(28)26(13-14)15-8-4-3-5-9-15/h3-11,14H,2,12-13H2,1H3,(H,23,29)(H,24,30). The molecule has 2 heterocycles. The topological polar surface area (TPSA) is 113 Å². The second-order valence-electron chi connectivity index (χ2n) is 7.20. The molecule has 2 N–H and O–H groups in total. The van der Waals surface area contributed by atoms with Gasteiger partial charge in [0.2, 0.25) is 11.8 Å². The monoisotopic (exact) mass is 419 g/mol. The molecular formula is C22H21N5O4. The average molecular weight is 419 g/mol. The molecule has 9 nitrogen and oxygen atoms in total. The molecule has 2 aromatic carbocycles. The Morgan fingerprint density at radius 1 is 1.00 bits per heavy atom. The molecule has 9 heteroatoms. The van der Waals surface area contributed by atoms with E-state index in [-0.39, 0.29) is 30.1 Å². The number of nitrogens with zero attached hydrogens (tertiary/aromatic N) is 3. The molecule has 1 saturated heterocycles. The maximum atomic E-state index is 12.7. The van der Waals surface area contributed by atoms with E-state index in [1.54, 1.807) is 48.2 Å². The molecule has 0 aliphatic carbocycles. The van der Waals surface area contributed by atoms with Gasteiger partial charge in [0, 0.05) is 30.6 Å². The van der Waals surface area contributed by atoms with E-state index in [2.05, 4.69) is 16.0 Å². The van der Waals surface area contributed by atoms with Crippen LogP contribution >= 0.6 is 0 Å². The lowest BCUT2D eigenvalue weighted by Gasteiger charge is -2.16. The number of hydrogen-bond donors (Lipinski definition) is 2. The number of amides is 3. The van der Waals surface area contributed by atoms with Crippen LogP contribution in [0.25, 0.3) is 10.8 Å². The minimum atomic E-state index is -0.643. The Morgan fingerprint density at radius 3 is 2.39 bits per heavy atom. The number of carbonyl (C=O) groups is 3. The van der Waals surface area contributed by atoms with E-state index in [4.69, 9.17) is 0 Å². The summed E-state index contributed by atoms with van der Waals surface area (Å²) in [5.41, 5.74) is 5.22. The van der Waals surface area contributed by atoms with Crippen LogP contribution in [0, 0.1) is 5.92 Å². The second-order valence-corrected chi connectivity index (χ2v) is 7.20. The van der Waals surface area contributed by atoms with Gasteiger partial charge in [-0.2, -0.15) is 5.10 Å². The highest BCUT2D eigenvalue weighted by Gasteiger charge is 2.35. The quantitative estimate of drug-likeness (QED) is 0.618. The third-order valence-corrected chi connectivity index (χ3v) is 5.25. The van der Waals surface area contributed by atoms with Gasteiger partial charge in [0.25, 0.3) is 11.5 Å². The molecule has 0 saturated carbocycles. The van der Waals surface area contributed by atoms with E-state index in [0.717, 1.165) is 5.69 Å². The Hall–Kier alpha value is -4.01. The van der Waals surface area contributed by atoms with Crippen molar-refractivity contribution in [2.75, 3.05) is 11.4 Å². The predicted octanol–water partition coefficient (Wildman–Crippen LogP) is 1.23. The number of carbonyl (C=O) groups excluding carboxylic acids is 3. The van der Waals surface area contributed by atoms with E-state index in [9.17, 15) is 19.2 Å². The number of anilines is 1. The highest BCUT2D eigenvalue weighted by molar-refractivity contribution is 6.05. The van der Waals surface area contributed by atoms with Crippen molar-refractivity contribution >= 4 is 34.2 Å². The fourth-order valence-corrected chi connectivity index (χ4v) is 3.64. The Balaban J connectivity index is 1.47. The summed E-state index contributed by atoms with van der Waals surface area (Å²) in [5, 5.41) is 4.91. The zero-order valence-corrected chi connectivity index (χ0v) is 16.9. The summed E-state index contributed by atoms with van der Waals surface area (Å²) in [6.45, 7) is 2.28. The average Bonchev–Trinajstić information content (AvgIpc) is 3.20. The molecule has 1 unspecified atom stereocenters. The van der Waals surface area contributed by atoms with Gasteiger partial charge in [-0.05, 0) is 25.1 Å². The molecule has 0 radical (unpaired) electrons. The first-order valence-electron chi connectivity index (χ1n) is 9.95. The van der Waals surface area contributed by atoms with E-state index in [0.29, 0.717) is 17.3 Å². The smallest absolute Gasteiger partial charge is 0.290 e. The number of aromatic nitrogens is 2. The van der Waals surface area contributed by atoms with Crippen LogP contribution in [0.2, 0.25) is 0 Å². The van der Waals surface area contributed by atoms with Crippen LogP contribution in [0.4, 0.5) is 5.69 Å². The van der Waals surface area contributed by atoms with E-state index < -0.39 is 17.7 Å². The van der Waals surface area contributed by atoms with Crippen molar-refractivity contribution in [1.82, 2.24) is 20.6 Å². The summed E-state index contributed by atoms with van der Waals surface area (Å²) in [6.07, 6.45) is 0.0541. The van der Waals surface area contributed by atoms with Crippen molar-refractivity contribution in [3.8, 4) is 0 Å². The van der Waals surface area contributed by atoms with Crippen LogP contribution in [-0.2, 0) is 16.1 Å². The molecule has 4 rings (SSSR count). The van der Waals surface area contributed by atoms with Crippen molar-refractivity contribution in [2.45, 2.75) is 19.9 Å². The molecular weight excluding hydrogens is 398 g/mol. The first-order chi connectivity index (χ1) is 15.0. The molecule has 31 heavy (non-hydrogen) atoms. The molecule has 1 fully saturated rings. The predicted molar refractivity (Wildman–Crippen MR) is 114 cm³/mol. The second kappa shape index (κ2) is 8.39. The van der Waals surface area contributed by atoms with Crippen molar-refractivity contribution in [3.63, 3.8) is 0 Å². The third-order valence-electron chi connectivity index (χ3n) is 5.25. The Morgan fingerprint density at radius 2 is 1.68 bits per heavy atom. The lowest BCUT2D eigenvalue weighted by Crippen LogP contribution is -2.45. The van der Waals surface area contributed by atoms with Gasteiger partial charge in [0.05, 0.1) is 11.3 Å². The molecule has 1 aromatic heterocycles. The van der Waals surface area contributed by atoms with Gasteiger partial charge in [-0.15, -0.1) is 0 Å². The van der Waals surface area contributed by atoms with Gasteiger partial charge in [-0.1, -0.05) is 36.4 Å². The molecule has 1 atom stereocenters.